The second kappa shape index (κ2) is 5.63. The first-order valence-corrected chi connectivity index (χ1v) is 6.73. The third-order valence-corrected chi connectivity index (χ3v) is 3.57. The highest BCUT2D eigenvalue weighted by Gasteiger charge is 2.21. The molecule has 1 rings (SSSR count). The molecule has 0 aliphatic carbocycles. The Morgan fingerprint density at radius 2 is 2.06 bits per heavy atom. The second-order valence-corrected chi connectivity index (χ2v) is 5.63. The van der Waals surface area contributed by atoms with Gasteiger partial charge in [0.25, 0.3) is 10.0 Å². The van der Waals surface area contributed by atoms with Crippen LogP contribution in [-0.2, 0) is 16.6 Å². The third-order valence-electron chi connectivity index (χ3n) is 2.11. The van der Waals surface area contributed by atoms with Crippen LogP contribution in [0.15, 0.2) is 21.6 Å². The first-order chi connectivity index (χ1) is 7.85. The van der Waals surface area contributed by atoms with Gasteiger partial charge in [-0.25, -0.2) is 13.1 Å². The number of aliphatic hydroxyl groups is 2. The van der Waals surface area contributed by atoms with Crippen LogP contribution in [0, 0.1) is 0 Å². The van der Waals surface area contributed by atoms with Gasteiger partial charge >= 0.3 is 0 Å². The summed E-state index contributed by atoms with van der Waals surface area (Å²) in [5, 5.41) is 17.7. The molecule has 0 aliphatic rings. The minimum Gasteiger partial charge on any atom is -0.446 e. The number of rotatable bonds is 6. The van der Waals surface area contributed by atoms with E-state index in [1.807, 2.05) is 0 Å². The van der Waals surface area contributed by atoms with E-state index in [1.54, 1.807) is 13.8 Å². The highest BCUT2D eigenvalue weighted by atomic mass is 32.2. The predicted molar refractivity (Wildman–Crippen MR) is 60.7 cm³/mol. The Labute approximate surface area is 100 Å². The van der Waals surface area contributed by atoms with E-state index < -0.39 is 22.2 Å². The van der Waals surface area contributed by atoms with Gasteiger partial charge in [0.15, 0.2) is 0 Å². The molecule has 98 valence electrons. The smallest absolute Gasteiger partial charge is 0.274 e. The summed E-state index contributed by atoms with van der Waals surface area (Å²) in [6.07, 6.45) is -0.274. The Morgan fingerprint density at radius 3 is 2.53 bits per heavy atom. The highest BCUT2D eigenvalue weighted by molar-refractivity contribution is 7.89. The molecular formula is C10H17NO5S. The zero-order valence-electron chi connectivity index (χ0n) is 9.75. The summed E-state index contributed by atoms with van der Waals surface area (Å²) in [7, 11) is -3.73. The summed E-state index contributed by atoms with van der Waals surface area (Å²) in [6.45, 7) is 2.89. The van der Waals surface area contributed by atoms with Crippen molar-refractivity contribution >= 4 is 10.0 Å². The predicted octanol–water partition coefficient (Wildman–Crippen LogP) is 0.210. The molecule has 7 heteroatoms. The summed E-state index contributed by atoms with van der Waals surface area (Å²) in [5.41, 5.74) is 0. The van der Waals surface area contributed by atoms with Gasteiger partial charge in [0, 0.05) is 6.04 Å². The third kappa shape index (κ3) is 4.12. The van der Waals surface area contributed by atoms with E-state index in [0.29, 0.717) is 6.42 Å². The summed E-state index contributed by atoms with van der Waals surface area (Å²) in [5.74, 6) is 0.188. The van der Waals surface area contributed by atoms with Gasteiger partial charge in [-0.1, -0.05) is 0 Å². The van der Waals surface area contributed by atoms with Crippen molar-refractivity contribution in [2.45, 2.75) is 44.1 Å². The lowest BCUT2D eigenvalue weighted by Gasteiger charge is -2.14. The maximum Gasteiger partial charge on any atom is 0.274 e. The molecule has 0 fully saturated rings. The standard InChI is InChI=1S/C10H17NO5S/c1-7(5-8(2)13)11-17(14,15)10-4-3-9(6-12)16-10/h3-4,7-8,11-13H,5-6H2,1-2H3. The molecule has 2 atom stereocenters. The van der Waals surface area contributed by atoms with Gasteiger partial charge in [-0.05, 0) is 32.4 Å². The minimum atomic E-state index is -3.73. The van der Waals surface area contributed by atoms with E-state index in [2.05, 4.69) is 4.72 Å². The average Bonchev–Trinajstić information content (AvgIpc) is 2.63. The quantitative estimate of drug-likeness (QED) is 0.681. The molecule has 0 saturated heterocycles. The molecular weight excluding hydrogens is 246 g/mol. The van der Waals surface area contributed by atoms with Crippen molar-refractivity contribution in [2.24, 2.45) is 0 Å². The van der Waals surface area contributed by atoms with Crippen molar-refractivity contribution < 1.29 is 23.0 Å². The average molecular weight is 263 g/mol. The summed E-state index contributed by atoms with van der Waals surface area (Å²) in [6, 6.07) is 2.28. The minimum absolute atomic E-state index is 0.188. The second-order valence-electron chi connectivity index (χ2n) is 3.99. The lowest BCUT2D eigenvalue weighted by molar-refractivity contribution is 0.174. The van der Waals surface area contributed by atoms with Crippen LogP contribution in [-0.4, -0.2) is 30.8 Å². The number of sulfonamides is 1. The summed E-state index contributed by atoms with van der Waals surface area (Å²) < 4.78 is 30.9. The zero-order valence-corrected chi connectivity index (χ0v) is 10.6. The molecule has 2 unspecified atom stereocenters. The molecule has 0 bridgehead atoms. The zero-order chi connectivity index (χ0) is 13.1. The molecule has 0 amide bonds. The molecule has 0 aromatic carbocycles. The summed E-state index contributed by atoms with van der Waals surface area (Å²) in [4.78, 5) is 0. The van der Waals surface area contributed by atoms with E-state index in [-0.39, 0.29) is 17.5 Å². The summed E-state index contributed by atoms with van der Waals surface area (Å²) >= 11 is 0. The van der Waals surface area contributed by atoms with Crippen molar-refractivity contribution in [3.8, 4) is 0 Å². The van der Waals surface area contributed by atoms with Gasteiger partial charge in [-0.2, -0.15) is 0 Å². The van der Waals surface area contributed by atoms with Gasteiger partial charge in [0.05, 0.1) is 6.10 Å². The number of hydrogen-bond donors (Lipinski definition) is 3. The molecule has 1 aromatic heterocycles. The van der Waals surface area contributed by atoms with Gasteiger partial charge < -0.3 is 14.6 Å². The van der Waals surface area contributed by atoms with E-state index in [4.69, 9.17) is 14.6 Å². The fourth-order valence-electron chi connectivity index (χ4n) is 1.47. The molecule has 3 N–H and O–H groups in total. The molecule has 0 aliphatic heterocycles. The normalized spacial score (nSPS) is 15.8. The molecule has 1 aromatic rings. The first kappa shape index (κ1) is 14.2. The van der Waals surface area contributed by atoms with E-state index in [9.17, 15) is 8.42 Å². The first-order valence-electron chi connectivity index (χ1n) is 5.25. The van der Waals surface area contributed by atoms with Crippen molar-refractivity contribution in [3.63, 3.8) is 0 Å². The Hall–Kier alpha value is -0.890. The van der Waals surface area contributed by atoms with Crippen LogP contribution in [0.1, 0.15) is 26.0 Å². The van der Waals surface area contributed by atoms with Crippen LogP contribution >= 0.6 is 0 Å². The lowest BCUT2D eigenvalue weighted by atomic mass is 10.2. The topological polar surface area (TPSA) is 99.8 Å². The van der Waals surface area contributed by atoms with Crippen molar-refractivity contribution in [3.05, 3.63) is 17.9 Å². The molecule has 17 heavy (non-hydrogen) atoms. The molecule has 0 radical (unpaired) electrons. The van der Waals surface area contributed by atoms with Crippen LogP contribution < -0.4 is 4.72 Å². The number of nitrogens with one attached hydrogen (secondary N) is 1. The van der Waals surface area contributed by atoms with Gasteiger partial charge in [0.2, 0.25) is 5.09 Å². The molecule has 1 heterocycles. The molecule has 6 nitrogen and oxygen atoms in total. The van der Waals surface area contributed by atoms with Gasteiger partial charge in [-0.3, -0.25) is 0 Å². The van der Waals surface area contributed by atoms with Crippen molar-refractivity contribution in [2.75, 3.05) is 0 Å². The fourth-order valence-corrected chi connectivity index (χ4v) is 2.68. The van der Waals surface area contributed by atoms with Gasteiger partial charge in [-0.15, -0.1) is 0 Å². The van der Waals surface area contributed by atoms with Crippen molar-refractivity contribution in [1.82, 2.24) is 4.72 Å². The van der Waals surface area contributed by atoms with Gasteiger partial charge in [0.1, 0.15) is 12.4 Å². The van der Waals surface area contributed by atoms with Crippen LogP contribution in [0.2, 0.25) is 0 Å². The number of hydrogen-bond acceptors (Lipinski definition) is 5. The highest BCUT2D eigenvalue weighted by Crippen LogP contribution is 2.14. The van der Waals surface area contributed by atoms with E-state index >= 15 is 0 Å². The Kier molecular flexibility index (Phi) is 4.70. The largest absolute Gasteiger partial charge is 0.446 e. The Bertz CT molecular complexity index is 451. The van der Waals surface area contributed by atoms with E-state index in [0.717, 1.165) is 0 Å². The molecule has 0 spiro atoms. The Balaban J connectivity index is 2.74. The van der Waals surface area contributed by atoms with Crippen LogP contribution in [0.25, 0.3) is 0 Å². The van der Waals surface area contributed by atoms with Crippen LogP contribution in [0.4, 0.5) is 0 Å². The van der Waals surface area contributed by atoms with Crippen LogP contribution in [0.3, 0.4) is 0 Å². The van der Waals surface area contributed by atoms with E-state index in [1.165, 1.54) is 12.1 Å². The number of aliphatic hydroxyl groups excluding tert-OH is 2. The fraction of sp³-hybridized carbons (Fsp3) is 0.600. The SMILES string of the molecule is CC(O)CC(C)NS(=O)(=O)c1ccc(CO)o1. The monoisotopic (exact) mass is 263 g/mol. The number of furan rings is 1. The van der Waals surface area contributed by atoms with Crippen LogP contribution in [0.5, 0.6) is 0 Å². The maximum absolute atomic E-state index is 11.8. The Morgan fingerprint density at radius 1 is 1.41 bits per heavy atom. The maximum atomic E-state index is 11.8. The lowest BCUT2D eigenvalue weighted by Crippen LogP contribution is -2.34. The van der Waals surface area contributed by atoms with Crippen molar-refractivity contribution in [1.29, 1.82) is 0 Å². The molecule has 0 saturated carbocycles.